The fourth-order valence-electron chi connectivity index (χ4n) is 12.2. The molecule has 3 fully saturated rings. The summed E-state index contributed by atoms with van der Waals surface area (Å²) in [5.74, 6) is 1.54. The van der Waals surface area contributed by atoms with Gasteiger partial charge in [0.2, 0.25) is 0 Å². The van der Waals surface area contributed by atoms with Crippen molar-refractivity contribution in [1.29, 1.82) is 0 Å². The lowest BCUT2D eigenvalue weighted by Crippen LogP contribution is -2.33. The molecule has 4 aromatic rings. The molecule has 83 heavy (non-hydrogen) atoms. The molecule has 0 amide bonds. The number of fused-ring (bicyclic) bond motifs is 4. The van der Waals surface area contributed by atoms with Gasteiger partial charge < -0.3 is 38.9 Å². The smallest absolute Gasteiger partial charge is 0.456 e. The number of aliphatic hydroxyl groups excluding tert-OH is 1. The van der Waals surface area contributed by atoms with E-state index < -0.39 is 58.0 Å². The first-order valence-electron chi connectivity index (χ1n) is 28.8. The summed E-state index contributed by atoms with van der Waals surface area (Å²) < 4.78 is 65.5. The van der Waals surface area contributed by atoms with Crippen molar-refractivity contribution >= 4 is 71.7 Å². The van der Waals surface area contributed by atoms with Crippen molar-refractivity contribution in [3.8, 4) is 5.75 Å². The van der Waals surface area contributed by atoms with Crippen molar-refractivity contribution in [1.82, 2.24) is 4.31 Å². The summed E-state index contributed by atoms with van der Waals surface area (Å²) in [5.41, 5.74) is 10.8. The highest BCUT2D eigenvalue weighted by Gasteiger charge is 2.42. The van der Waals surface area contributed by atoms with E-state index in [1.165, 1.54) is 22.5 Å². The first-order chi connectivity index (χ1) is 40.2. The predicted molar refractivity (Wildman–Crippen MR) is 316 cm³/mol. The first-order valence-corrected chi connectivity index (χ1v) is 32.6. The van der Waals surface area contributed by atoms with Crippen LogP contribution in [0.1, 0.15) is 80.0 Å². The van der Waals surface area contributed by atoms with Gasteiger partial charge in [-0.15, -0.1) is 0 Å². The lowest BCUT2D eigenvalue weighted by molar-refractivity contribution is -0.341. The van der Waals surface area contributed by atoms with Crippen LogP contribution in [0, 0.1) is 11.8 Å². The van der Waals surface area contributed by atoms with Gasteiger partial charge in [-0.3, -0.25) is 22.9 Å². The number of para-hydroxylation sites is 2. The molecule has 3 saturated heterocycles. The Morgan fingerprint density at radius 1 is 0.795 bits per heavy atom. The van der Waals surface area contributed by atoms with Gasteiger partial charge in [0.05, 0.1) is 25.4 Å². The van der Waals surface area contributed by atoms with Crippen LogP contribution in [0.5, 0.6) is 5.75 Å². The summed E-state index contributed by atoms with van der Waals surface area (Å²) in [5, 5.41) is 10.1. The highest BCUT2D eigenvalue weighted by molar-refractivity contribution is 7.97. The number of ketones is 1. The average molecular weight is 1190 g/mol. The van der Waals surface area contributed by atoms with E-state index in [1.54, 1.807) is 11.9 Å². The highest BCUT2D eigenvalue weighted by Crippen LogP contribution is 2.50. The van der Waals surface area contributed by atoms with Gasteiger partial charge >= 0.3 is 15.6 Å². The van der Waals surface area contributed by atoms with Gasteiger partial charge in [0.15, 0.2) is 0 Å². The Balaban J connectivity index is 0.647. The number of rotatable bonds is 26. The molecule has 438 valence electrons. The molecule has 1 aliphatic carbocycles. The van der Waals surface area contributed by atoms with Gasteiger partial charge in [0, 0.05) is 115 Å². The maximum Gasteiger partial charge on any atom is 0.472 e. The van der Waals surface area contributed by atoms with Crippen LogP contribution in [0.2, 0.25) is 0 Å². The van der Waals surface area contributed by atoms with Crippen LogP contribution >= 0.6 is 27.6 Å². The number of phosphoric ester groups is 2. The van der Waals surface area contributed by atoms with Gasteiger partial charge in [-0.2, -0.15) is 0 Å². The van der Waals surface area contributed by atoms with Crippen LogP contribution in [-0.4, -0.2) is 143 Å². The van der Waals surface area contributed by atoms with Gasteiger partial charge in [-0.05, 0) is 116 Å². The summed E-state index contributed by atoms with van der Waals surface area (Å²) in [4.78, 5) is 50.7. The second-order valence-electron chi connectivity index (χ2n) is 22.1. The van der Waals surface area contributed by atoms with Crippen LogP contribution < -0.4 is 14.5 Å². The van der Waals surface area contributed by atoms with E-state index in [0.29, 0.717) is 25.7 Å². The number of phosphoric acid groups is 2. The number of carbonyl (C=O) groups is 1. The molecule has 23 heteroatoms. The molecule has 10 unspecified atom stereocenters. The minimum absolute atomic E-state index is 0.0116. The number of ether oxygens (including phenoxy) is 3. The standard InChI is InChI=1S/C60H71B2N3O15P2S/c1-72-81(68,69)75-38-56-53(33-58(61)78-56)79-73-37-55-54(34-59(62)77-55)80-82(70,71)74-36-39(35-66)11-3-2-4-17-50(67)42-23-27-63(28-24-42)83-57-18-10-7-14-47(57)60-45-21-19-43(64-29-25-40-12-5-8-15-48(40)64)31-51(45)76-52-32-44(20-22-46(52)60)65-30-26-41-13-6-9-16-49(41)65/h5-10,12-16,18-22,31-32,39,42-43,53-56,58-59,66H,2-4,11,17,23-30,33-38H2,1H3,(H,68,69)(H,70,71). The first kappa shape index (κ1) is 60.3. The number of hydrogen-bond donors (Lipinski definition) is 3. The van der Waals surface area contributed by atoms with Crippen molar-refractivity contribution in [3.05, 3.63) is 143 Å². The molecule has 4 aromatic carbocycles. The molecule has 18 nitrogen and oxygen atoms in total. The lowest BCUT2D eigenvalue weighted by atomic mass is 9.86. The number of hydrogen-bond acceptors (Lipinski definition) is 17. The predicted octanol–water partition coefficient (Wildman–Crippen LogP) is 9.46. The summed E-state index contributed by atoms with van der Waals surface area (Å²) in [7, 11) is 3.97. The van der Waals surface area contributed by atoms with Crippen LogP contribution in [0.4, 0.5) is 17.1 Å². The number of unbranched alkanes of at least 4 members (excludes halogenated alkanes) is 2. The molecular weight excluding hydrogens is 1120 g/mol. The second kappa shape index (κ2) is 27.1. The second-order valence-corrected chi connectivity index (χ2v) is 26.2. The quantitative estimate of drug-likeness (QED) is 0.0134. The van der Waals surface area contributed by atoms with E-state index in [9.17, 15) is 28.8 Å². The molecule has 3 N–H and O–H groups in total. The number of piperidine rings is 1. The molecule has 0 bridgehead atoms. The van der Waals surface area contributed by atoms with E-state index >= 15 is 0 Å². The average Bonchev–Trinajstić information content (AvgIpc) is 3.77. The summed E-state index contributed by atoms with van der Waals surface area (Å²) >= 11 is 1.76. The number of carbonyl (C=O) groups excluding carboxylic acids is 1. The molecule has 6 heterocycles. The minimum Gasteiger partial charge on any atom is -0.456 e. The number of allylic oxidation sites excluding steroid dienone is 1. The Bertz CT molecular complexity index is 3150. The lowest BCUT2D eigenvalue weighted by Gasteiger charge is -2.34. The molecular formula is C60H71B2N3O15P2S. The van der Waals surface area contributed by atoms with E-state index in [4.69, 9.17) is 53.2 Å². The summed E-state index contributed by atoms with van der Waals surface area (Å²) in [6.07, 6.45) is 10.3. The number of benzene rings is 4. The van der Waals surface area contributed by atoms with Crippen molar-refractivity contribution in [3.63, 3.8) is 0 Å². The van der Waals surface area contributed by atoms with Crippen molar-refractivity contribution in [2.24, 2.45) is 11.8 Å². The number of nitrogens with zero attached hydrogens (tertiary/aromatic N) is 3. The third-order valence-corrected chi connectivity index (χ3v) is 19.7. The zero-order valence-electron chi connectivity index (χ0n) is 46.6. The summed E-state index contributed by atoms with van der Waals surface area (Å²) in [6.45, 7) is 2.29. The SMILES string of the molecule is [B]C1CC(OOCC2OC([B])CC2OP(=O)(O)OCC(CO)CCCCCC(=O)C2CCN(Sc3ccccc3C3=C4C=CC(N5CCc6ccccc65)C=C4Oc4cc(N5CCc6ccccc65)ccc43)CC2)C(COP(=O)(O)OC)O1. The molecule has 7 aliphatic rings. The van der Waals surface area contributed by atoms with Gasteiger partial charge in [-0.1, -0.05) is 79.6 Å². The molecule has 4 radical (unpaired) electrons. The van der Waals surface area contributed by atoms with Gasteiger partial charge in [0.25, 0.3) is 0 Å². The molecule has 0 saturated carbocycles. The van der Waals surface area contributed by atoms with Crippen LogP contribution in [-0.2, 0) is 64.1 Å². The minimum atomic E-state index is -4.64. The maximum absolute atomic E-state index is 13.6. The molecule has 10 atom stereocenters. The van der Waals surface area contributed by atoms with Crippen LogP contribution in [0.25, 0.3) is 5.57 Å². The zero-order chi connectivity index (χ0) is 57.7. The Morgan fingerprint density at radius 3 is 2.29 bits per heavy atom. The Labute approximate surface area is 492 Å². The van der Waals surface area contributed by atoms with Gasteiger partial charge in [0.1, 0.15) is 57.9 Å². The normalized spacial score (nSPS) is 26.0. The molecule has 11 rings (SSSR count). The molecule has 0 spiro atoms. The van der Waals surface area contributed by atoms with Crippen LogP contribution in [0.3, 0.4) is 0 Å². The Kier molecular flexibility index (Phi) is 19.7. The topological polar surface area (TPSA) is 205 Å². The monoisotopic (exact) mass is 1190 g/mol. The van der Waals surface area contributed by atoms with Crippen LogP contribution in [0.15, 0.2) is 125 Å². The summed E-state index contributed by atoms with van der Waals surface area (Å²) in [6, 6.07) is 31.1. The maximum atomic E-state index is 13.6. The Hall–Kier alpha value is -4.37. The largest absolute Gasteiger partial charge is 0.472 e. The van der Waals surface area contributed by atoms with E-state index in [1.807, 2.05) is 0 Å². The Morgan fingerprint density at radius 2 is 1.51 bits per heavy atom. The fraction of sp³-hybridized carbons (Fsp3) is 0.483. The third-order valence-electron chi connectivity index (χ3n) is 16.6. The van der Waals surface area contributed by atoms with Gasteiger partial charge in [-0.25, -0.2) is 23.2 Å². The molecule has 0 aromatic heterocycles. The van der Waals surface area contributed by atoms with Crippen molar-refractivity contribution < 1.29 is 70.9 Å². The zero-order valence-corrected chi connectivity index (χ0v) is 49.2. The highest BCUT2D eigenvalue weighted by atomic mass is 32.2. The van der Waals surface area contributed by atoms with E-state index in [2.05, 4.69) is 128 Å². The van der Waals surface area contributed by atoms with Crippen molar-refractivity contribution in [2.75, 3.05) is 69.5 Å². The number of Topliss-reactive ketones (excluding diaryl/α,β-unsaturated/α-hetero) is 1. The van der Waals surface area contributed by atoms with E-state index in [-0.39, 0.29) is 57.0 Å². The van der Waals surface area contributed by atoms with Crippen molar-refractivity contribution in [2.45, 2.75) is 118 Å². The number of anilines is 3. The molecule has 6 aliphatic heterocycles. The van der Waals surface area contributed by atoms with E-state index in [0.717, 1.165) is 110 Å². The number of aliphatic hydroxyl groups is 1. The third kappa shape index (κ3) is 14.6. The fourth-order valence-corrected chi connectivity index (χ4v) is 14.7.